The standard InChI is InChI=1S/C7H12N2/c1-5-3-6(2)9-7(8)4-5/h4,6H,3H2,1-2H3,(H2,8,9). The van der Waals surface area contributed by atoms with Crippen molar-refractivity contribution in [2.75, 3.05) is 0 Å². The molecule has 1 atom stereocenters. The summed E-state index contributed by atoms with van der Waals surface area (Å²) in [6.45, 7) is 4.15. The Labute approximate surface area is 55.5 Å². The molecule has 0 amide bonds. The molecule has 0 saturated carbocycles. The second kappa shape index (κ2) is 2.21. The first-order valence-corrected chi connectivity index (χ1v) is 3.19. The highest BCUT2D eigenvalue weighted by molar-refractivity contribution is 5.92. The van der Waals surface area contributed by atoms with Crippen molar-refractivity contribution in [2.24, 2.45) is 10.7 Å². The van der Waals surface area contributed by atoms with Crippen LogP contribution in [-0.2, 0) is 0 Å². The highest BCUT2D eigenvalue weighted by Crippen LogP contribution is 2.11. The van der Waals surface area contributed by atoms with Crippen LogP contribution in [0.3, 0.4) is 0 Å². The van der Waals surface area contributed by atoms with Crippen molar-refractivity contribution in [1.82, 2.24) is 0 Å². The van der Waals surface area contributed by atoms with Gasteiger partial charge in [0.25, 0.3) is 0 Å². The smallest absolute Gasteiger partial charge is 0.118 e. The molecule has 1 aliphatic rings. The molecule has 2 heteroatoms. The molecule has 1 aliphatic heterocycles. The van der Waals surface area contributed by atoms with Crippen LogP contribution in [0.4, 0.5) is 0 Å². The molecule has 1 unspecified atom stereocenters. The first-order chi connectivity index (χ1) is 4.18. The van der Waals surface area contributed by atoms with Crippen molar-refractivity contribution < 1.29 is 0 Å². The van der Waals surface area contributed by atoms with E-state index in [1.165, 1.54) is 5.57 Å². The molecule has 0 aromatic rings. The van der Waals surface area contributed by atoms with Gasteiger partial charge < -0.3 is 5.73 Å². The summed E-state index contributed by atoms with van der Waals surface area (Å²) in [4.78, 5) is 4.15. The van der Waals surface area contributed by atoms with Crippen LogP contribution >= 0.6 is 0 Å². The van der Waals surface area contributed by atoms with Gasteiger partial charge in [0.05, 0.1) is 6.04 Å². The zero-order valence-electron chi connectivity index (χ0n) is 5.89. The Morgan fingerprint density at radius 1 is 1.78 bits per heavy atom. The van der Waals surface area contributed by atoms with E-state index in [1.807, 2.05) is 6.08 Å². The van der Waals surface area contributed by atoms with E-state index in [-0.39, 0.29) is 0 Å². The van der Waals surface area contributed by atoms with Crippen LogP contribution in [-0.4, -0.2) is 11.9 Å². The summed E-state index contributed by atoms with van der Waals surface area (Å²) < 4.78 is 0. The van der Waals surface area contributed by atoms with Gasteiger partial charge in [-0.2, -0.15) is 0 Å². The van der Waals surface area contributed by atoms with Gasteiger partial charge in [0, 0.05) is 0 Å². The minimum Gasteiger partial charge on any atom is -0.384 e. The van der Waals surface area contributed by atoms with Crippen LogP contribution in [0.5, 0.6) is 0 Å². The van der Waals surface area contributed by atoms with Gasteiger partial charge in [-0.15, -0.1) is 0 Å². The van der Waals surface area contributed by atoms with Crippen molar-refractivity contribution in [2.45, 2.75) is 26.3 Å². The zero-order chi connectivity index (χ0) is 6.85. The molecule has 0 bridgehead atoms. The fraction of sp³-hybridized carbons (Fsp3) is 0.571. The summed E-state index contributed by atoms with van der Waals surface area (Å²) in [5.41, 5.74) is 6.82. The van der Waals surface area contributed by atoms with E-state index < -0.39 is 0 Å². The third-order valence-corrected chi connectivity index (χ3v) is 1.38. The molecular weight excluding hydrogens is 112 g/mol. The van der Waals surface area contributed by atoms with Crippen LogP contribution in [0.25, 0.3) is 0 Å². The van der Waals surface area contributed by atoms with E-state index >= 15 is 0 Å². The summed E-state index contributed by atoms with van der Waals surface area (Å²) in [5, 5.41) is 0. The lowest BCUT2D eigenvalue weighted by Crippen LogP contribution is -2.17. The molecule has 0 aromatic heterocycles. The Kier molecular flexibility index (Phi) is 1.56. The first kappa shape index (κ1) is 6.33. The normalized spacial score (nSPS) is 27.1. The average molecular weight is 124 g/mol. The topological polar surface area (TPSA) is 38.4 Å². The minimum atomic E-state index is 0.384. The lowest BCUT2D eigenvalue weighted by Gasteiger charge is -2.12. The van der Waals surface area contributed by atoms with Gasteiger partial charge in [0.15, 0.2) is 0 Å². The van der Waals surface area contributed by atoms with Gasteiger partial charge in [0.2, 0.25) is 0 Å². The van der Waals surface area contributed by atoms with Crippen LogP contribution in [0.2, 0.25) is 0 Å². The van der Waals surface area contributed by atoms with Crippen molar-refractivity contribution in [3.63, 3.8) is 0 Å². The van der Waals surface area contributed by atoms with Crippen molar-refractivity contribution in [3.05, 3.63) is 11.6 Å². The second-order valence-corrected chi connectivity index (χ2v) is 2.60. The van der Waals surface area contributed by atoms with Crippen LogP contribution < -0.4 is 5.73 Å². The van der Waals surface area contributed by atoms with Gasteiger partial charge in [-0.05, 0) is 26.3 Å². The first-order valence-electron chi connectivity index (χ1n) is 3.19. The quantitative estimate of drug-likeness (QED) is 0.515. The predicted molar refractivity (Wildman–Crippen MR) is 39.5 cm³/mol. The highest BCUT2D eigenvalue weighted by Gasteiger charge is 2.05. The number of hydrogen-bond donors (Lipinski definition) is 1. The molecule has 0 aromatic carbocycles. The van der Waals surface area contributed by atoms with E-state index in [9.17, 15) is 0 Å². The number of nitrogens with two attached hydrogens (primary N) is 1. The molecule has 2 N–H and O–H groups in total. The third-order valence-electron chi connectivity index (χ3n) is 1.38. The maximum atomic E-state index is 5.49. The number of hydrogen-bond acceptors (Lipinski definition) is 2. The van der Waals surface area contributed by atoms with E-state index in [2.05, 4.69) is 18.8 Å². The molecule has 1 rings (SSSR count). The maximum absolute atomic E-state index is 5.49. The summed E-state index contributed by atoms with van der Waals surface area (Å²) in [7, 11) is 0. The van der Waals surface area contributed by atoms with Gasteiger partial charge in [-0.3, -0.25) is 4.99 Å². The second-order valence-electron chi connectivity index (χ2n) is 2.60. The Hall–Kier alpha value is -0.790. The van der Waals surface area contributed by atoms with Crippen molar-refractivity contribution >= 4 is 5.84 Å². The Balaban J connectivity index is 2.74. The zero-order valence-corrected chi connectivity index (χ0v) is 5.89. The third kappa shape index (κ3) is 1.56. The van der Waals surface area contributed by atoms with Gasteiger partial charge in [0.1, 0.15) is 5.84 Å². The van der Waals surface area contributed by atoms with Gasteiger partial charge in [-0.1, -0.05) is 5.57 Å². The molecule has 0 spiro atoms. The largest absolute Gasteiger partial charge is 0.384 e. The molecule has 9 heavy (non-hydrogen) atoms. The molecule has 0 aliphatic carbocycles. The Morgan fingerprint density at radius 3 is 2.89 bits per heavy atom. The molecule has 0 radical (unpaired) electrons. The Bertz CT molecular complexity index is 168. The lowest BCUT2D eigenvalue weighted by molar-refractivity contribution is 0.723. The molecule has 50 valence electrons. The van der Waals surface area contributed by atoms with Crippen LogP contribution in [0.15, 0.2) is 16.6 Å². The van der Waals surface area contributed by atoms with Crippen molar-refractivity contribution in [1.29, 1.82) is 0 Å². The summed E-state index contributed by atoms with van der Waals surface area (Å²) in [5.74, 6) is 0.672. The van der Waals surface area contributed by atoms with E-state index in [4.69, 9.17) is 5.73 Å². The Morgan fingerprint density at radius 2 is 2.44 bits per heavy atom. The molecule has 1 heterocycles. The molecular formula is C7H12N2. The molecule has 2 nitrogen and oxygen atoms in total. The maximum Gasteiger partial charge on any atom is 0.118 e. The fourth-order valence-corrected chi connectivity index (χ4v) is 1.11. The fourth-order valence-electron chi connectivity index (χ4n) is 1.11. The number of rotatable bonds is 0. The number of dihydropyridines is 1. The van der Waals surface area contributed by atoms with E-state index in [1.54, 1.807) is 0 Å². The van der Waals surface area contributed by atoms with Gasteiger partial charge >= 0.3 is 0 Å². The van der Waals surface area contributed by atoms with Crippen molar-refractivity contribution in [3.8, 4) is 0 Å². The summed E-state index contributed by atoms with van der Waals surface area (Å²) in [6, 6.07) is 0.384. The molecule has 0 fully saturated rings. The van der Waals surface area contributed by atoms with E-state index in [0.29, 0.717) is 11.9 Å². The van der Waals surface area contributed by atoms with Crippen LogP contribution in [0, 0.1) is 0 Å². The number of nitrogens with zero attached hydrogens (tertiary/aromatic N) is 1. The average Bonchev–Trinajstić information content (AvgIpc) is 1.59. The SMILES string of the molecule is CC1=CC(N)=NC(C)C1. The molecule has 0 saturated heterocycles. The summed E-state index contributed by atoms with van der Waals surface area (Å²) in [6.07, 6.45) is 2.99. The number of aliphatic imine (C=N–C) groups is 1. The predicted octanol–water partition coefficient (Wildman–Crippen LogP) is 1.08. The minimum absolute atomic E-state index is 0.384. The lowest BCUT2D eigenvalue weighted by atomic mass is 10.1. The monoisotopic (exact) mass is 124 g/mol. The van der Waals surface area contributed by atoms with E-state index in [0.717, 1.165) is 6.42 Å². The highest BCUT2D eigenvalue weighted by atomic mass is 14.9. The number of amidine groups is 1. The van der Waals surface area contributed by atoms with Crippen LogP contribution in [0.1, 0.15) is 20.3 Å². The van der Waals surface area contributed by atoms with Gasteiger partial charge in [-0.25, -0.2) is 0 Å². The summed E-state index contributed by atoms with van der Waals surface area (Å²) >= 11 is 0.